The van der Waals surface area contributed by atoms with Crippen molar-refractivity contribution in [1.29, 1.82) is 0 Å². The van der Waals surface area contributed by atoms with Crippen LogP contribution in [0.25, 0.3) is 0 Å². The first-order valence-corrected chi connectivity index (χ1v) is 5.55. The Morgan fingerprint density at radius 3 is 2.50 bits per heavy atom. The number of carbonyl (C=O) groups excluding carboxylic acids is 1. The van der Waals surface area contributed by atoms with Gasteiger partial charge in [-0.1, -0.05) is 38.3 Å². The minimum atomic E-state index is -0.193. The Balaban J connectivity index is 3.07. The molecule has 0 bridgehead atoms. The first-order valence-electron chi connectivity index (χ1n) is 5.55. The molecule has 0 spiro atoms. The number of rotatable bonds is 8. The predicted octanol–water partition coefficient (Wildman–Crippen LogP) is 3.47. The van der Waals surface area contributed by atoms with Gasteiger partial charge in [-0.15, -0.1) is 0 Å². The van der Waals surface area contributed by atoms with E-state index < -0.39 is 0 Å². The van der Waals surface area contributed by atoms with Gasteiger partial charge in [-0.2, -0.15) is 0 Å². The van der Waals surface area contributed by atoms with Crippen LogP contribution in [0, 0.1) is 0 Å². The van der Waals surface area contributed by atoms with Gasteiger partial charge < -0.3 is 4.74 Å². The highest BCUT2D eigenvalue weighted by molar-refractivity contribution is 5.65. The molecule has 0 fully saturated rings. The number of unbranched alkanes of at least 4 members (excludes halogenated alkanes) is 4. The molecule has 0 aliphatic carbocycles. The third-order valence-electron chi connectivity index (χ3n) is 1.98. The van der Waals surface area contributed by atoms with Crippen molar-refractivity contribution in [3.05, 3.63) is 12.2 Å². The quantitative estimate of drug-likeness (QED) is 0.339. The minimum Gasteiger partial charge on any atom is -0.466 e. The molecule has 0 unspecified atom stereocenters. The fraction of sp³-hybridized carbons (Fsp3) is 0.750. The smallest absolute Gasteiger partial charge is 0.302 e. The number of esters is 1. The van der Waals surface area contributed by atoms with E-state index >= 15 is 0 Å². The van der Waals surface area contributed by atoms with E-state index in [0.29, 0.717) is 6.61 Å². The molecule has 0 aromatic rings. The van der Waals surface area contributed by atoms with Gasteiger partial charge in [0, 0.05) is 6.92 Å². The van der Waals surface area contributed by atoms with Crippen LogP contribution in [0.15, 0.2) is 12.2 Å². The summed E-state index contributed by atoms with van der Waals surface area (Å²) in [5.74, 6) is -0.193. The molecule has 0 saturated heterocycles. The highest BCUT2D eigenvalue weighted by atomic mass is 16.5. The van der Waals surface area contributed by atoms with E-state index in [9.17, 15) is 4.79 Å². The zero-order valence-electron chi connectivity index (χ0n) is 9.42. The van der Waals surface area contributed by atoms with Crippen LogP contribution in [-0.2, 0) is 9.53 Å². The van der Waals surface area contributed by atoms with E-state index in [0.717, 1.165) is 12.8 Å². The van der Waals surface area contributed by atoms with Gasteiger partial charge in [-0.25, -0.2) is 0 Å². The minimum absolute atomic E-state index is 0.193. The maximum Gasteiger partial charge on any atom is 0.302 e. The fourth-order valence-corrected chi connectivity index (χ4v) is 1.20. The summed E-state index contributed by atoms with van der Waals surface area (Å²) < 4.78 is 4.80. The van der Waals surface area contributed by atoms with E-state index in [1.54, 1.807) is 0 Å². The Kier molecular flexibility index (Phi) is 9.71. The lowest BCUT2D eigenvalue weighted by Gasteiger charge is -1.97. The summed E-state index contributed by atoms with van der Waals surface area (Å²) in [6, 6.07) is 0. The highest BCUT2D eigenvalue weighted by Gasteiger charge is 1.88. The average Bonchev–Trinajstić information content (AvgIpc) is 2.15. The lowest BCUT2D eigenvalue weighted by molar-refractivity contribution is -0.140. The molecule has 0 radical (unpaired) electrons. The summed E-state index contributed by atoms with van der Waals surface area (Å²) in [4.78, 5) is 10.4. The molecule has 0 saturated carbocycles. The summed E-state index contributed by atoms with van der Waals surface area (Å²) in [6.45, 7) is 4.17. The second-order valence-electron chi connectivity index (χ2n) is 3.45. The van der Waals surface area contributed by atoms with Crippen molar-refractivity contribution in [3.63, 3.8) is 0 Å². The molecule has 14 heavy (non-hydrogen) atoms. The van der Waals surface area contributed by atoms with Gasteiger partial charge in [-0.05, 0) is 19.3 Å². The molecule has 2 heteroatoms. The van der Waals surface area contributed by atoms with Crippen LogP contribution in [-0.4, -0.2) is 12.6 Å². The van der Waals surface area contributed by atoms with Gasteiger partial charge in [0.05, 0.1) is 6.61 Å². The highest BCUT2D eigenvalue weighted by Crippen LogP contribution is 2.03. The van der Waals surface area contributed by atoms with Crippen molar-refractivity contribution < 1.29 is 9.53 Å². The molecular weight excluding hydrogens is 176 g/mol. The van der Waals surface area contributed by atoms with Crippen LogP contribution >= 0.6 is 0 Å². The molecule has 0 atom stereocenters. The van der Waals surface area contributed by atoms with E-state index in [1.165, 1.54) is 32.6 Å². The van der Waals surface area contributed by atoms with Crippen molar-refractivity contribution in [2.24, 2.45) is 0 Å². The third-order valence-corrected chi connectivity index (χ3v) is 1.98. The van der Waals surface area contributed by atoms with Crippen LogP contribution in [0.5, 0.6) is 0 Å². The van der Waals surface area contributed by atoms with E-state index in [-0.39, 0.29) is 5.97 Å². The van der Waals surface area contributed by atoms with Crippen LogP contribution in [0.2, 0.25) is 0 Å². The summed E-state index contributed by atoms with van der Waals surface area (Å²) in [5, 5.41) is 0. The topological polar surface area (TPSA) is 26.3 Å². The van der Waals surface area contributed by atoms with E-state index in [2.05, 4.69) is 19.1 Å². The third kappa shape index (κ3) is 11.2. The lowest BCUT2D eigenvalue weighted by atomic mass is 10.1. The molecule has 0 aliphatic rings. The Hall–Kier alpha value is -0.790. The fourth-order valence-electron chi connectivity index (χ4n) is 1.20. The second kappa shape index (κ2) is 10.3. The molecule has 0 N–H and O–H groups in total. The van der Waals surface area contributed by atoms with Gasteiger partial charge in [0.1, 0.15) is 0 Å². The molecule has 0 amide bonds. The van der Waals surface area contributed by atoms with E-state index in [1.807, 2.05) is 0 Å². The number of ether oxygens (including phenoxy) is 1. The van der Waals surface area contributed by atoms with Crippen molar-refractivity contribution >= 4 is 5.97 Å². The van der Waals surface area contributed by atoms with Crippen molar-refractivity contribution in [2.45, 2.75) is 52.4 Å². The van der Waals surface area contributed by atoms with Gasteiger partial charge in [0.2, 0.25) is 0 Å². The first kappa shape index (κ1) is 13.2. The Morgan fingerprint density at radius 2 is 1.86 bits per heavy atom. The molecule has 2 nitrogen and oxygen atoms in total. The van der Waals surface area contributed by atoms with Crippen molar-refractivity contribution in [3.8, 4) is 0 Å². The van der Waals surface area contributed by atoms with Crippen LogP contribution in [0.3, 0.4) is 0 Å². The SMILES string of the molecule is CCCCCC/C=C/CCOC(C)=O. The van der Waals surface area contributed by atoms with Gasteiger partial charge >= 0.3 is 5.97 Å². The molecule has 0 aromatic heterocycles. The number of hydrogen-bond acceptors (Lipinski definition) is 2. The monoisotopic (exact) mass is 198 g/mol. The van der Waals surface area contributed by atoms with E-state index in [4.69, 9.17) is 4.74 Å². The molecule has 0 aromatic carbocycles. The Morgan fingerprint density at radius 1 is 1.14 bits per heavy atom. The Labute approximate surface area is 87.3 Å². The number of hydrogen-bond donors (Lipinski definition) is 0. The summed E-state index contributed by atoms with van der Waals surface area (Å²) in [5.41, 5.74) is 0. The van der Waals surface area contributed by atoms with Crippen LogP contribution in [0.1, 0.15) is 52.4 Å². The van der Waals surface area contributed by atoms with Crippen LogP contribution in [0.4, 0.5) is 0 Å². The normalized spacial score (nSPS) is 10.7. The molecule has 82 valence electrons. The summed E-state index contributed by atoms with van der Waals surface area (Å²) in [7, 11) is 0. The predicted molar refractivity (Wildman–Crippen MR) is 59.1 cm³/mol. The average molecular weight is 198 g/mol. The second-order valence-corrected chi connectivity index (χ2v) is 3.45. The van der Waals surface area contributed by atoms with Gasteiger partial charge in [0.15, 0.2) is 0 Å². The summed E-state index contributed by atoms with van der Waals surface area (Å²) in [6.07, 6.45) is 11.5. The zero-order valence-corrected chi connectivity index (χ0v) is 9.42. The van der Waals surface area contributed by atoms with Gasteiger partial charge in [0.25, 0.3) is 0 Å². The van der Waals surface area contributed by atoms with Crippen molar-refractivity contribution in [2.75, 3.05) is 6.61 Å². The molecular formula is C12H22O2. The maximum absolute atomic E-state index is 10.4. The van der Waals surface area contributed by atoms with Gasteiger partial charge in [-0.3, -0.25) is 4.79 Å². The zero-order chi connectivity index (χ0) is 10.6. The van der Waals surface area contributed by atoms with Crippen molar-refractivity contribution in [1.82, 2.24) is 0 Å². The number of carbonyl (C=O) groups is 1. The number of allylic oxidation sites excluding steroid dienone is 1. The standard InChI is InChI=1S/C12H22O2/c1-3-4-5-6-7-8-9-10-11-14-12(2)13/h8-9H,3-7,10-11H2,1-2H3/b9-8+. The first-order chi connectivity index (χ1) is 6.77. The molecule has 0 heterocycles. The Bertz CT molecular complexity index is 162. The molecule has 0 aliphatic heterocycles. The largest absolute Gasteiger partial charge is 0.466 e. The summed E-state index contributed by atoms with van der Waals surface area (Å²) >= 11 is 0. The maximum atomic E-state index is 10.4. The lowest BCUT2D eigenvalue weighted by Crippen LogP contribution is -1.98. The van der Waals surface area contributed by atoms with Crippen LogP contribution < -0.4 is 0 Å². The molecule has 0 rings (SSSR count).